The second kappa shape index (κ2) is 63.0. The summed E-state index contributed by atoms with van der Waals surface area (Å²) in [6.45, 7) is 8.99. The van der Waals surface area contributed by atoms with E-state index in [0.717, 1.165) is 128 Å². The molecule has 0 aliphatic rings. The van der Waals surface area contributed by atoms with E-state index in [4.69, 9.17) is 4.74 Å². The quantitative estimate of drug-likeness (QED) is 0.0209. The zero-order valence-corrected chi connectivity index (χ0v) is 66.7. The SMILES string of the molecule is CCCCCCCCCCCCCCCCCCC(CCCCCCCCCCCCCCCCCC)(OC)C(CCCCCCCCCCCCCCCCCC)(CCCCCCCCCCCCCCCCCC)N(C(P(=O)(O)O)P(=O)(O)O)C(P(=O)(O)O)P(=O)(O)O. The highest BCUT2D eigenvalue weighted by molar-refractivity contribution is 7.72. The summed E-state index contributed by atoms with van der Waals surface area (Å²) in [4.78, 5) is 91.3. The molecule has 0 atom stereocenters. The van der Waals surface area contributed by atoms with Crippen molar-refractivity contribution in [2.24, 2.45) is 0 Å². The minimum Gasteiger partial charge on any atom is -0.376 e. The predicted molar refractivity (Wildman–Crippen MR) is 407 cm³/mol. The number of methoxy groups -OCH3 is 1. The molecule has 0 bridgehead atoms. The van der Waals surface area contributed by atoms with Crippen LogP contribution in [0.3, 0.4) is 0 Å². The van der Waals surface area contributed by atoms with E-state index in [0.29, 0.717) is 43.4 Å². The van der Waals surface area contributed by atoms with Crippen molar-refractivity contribution in [3.05, 3.63) is 0 Å². The molecule has 0 radical (unpaired) electrons. The van der Waals surface area contributed by atoms with E-state index in [1.165, 1.54) is 251 Å². The van der Waals surface area contributed by atoms with Gasteiger partial charge in [0, 0.05) is 7.11 Å². The number of nitrogens with zero attached hydrogens (tertiary/aromatic N) is 1. The van der Waals surface area contributed by atoms with Crippen molar-refractivity contribution in [2.45, 2.75) is 486 Å². The standard InChI is InChI=1S/C77H161NO13P4/c1-6-10-14-18-22-26-30-34-38-42-46-50-54-58-62-66-70-76(71-67-63-59-55-51-47-43-39-35-31-27-23-19-15-11-7-2,78(74(92(79,80)81)93(82,83)84)75(94(85,86)87)95(88,89)90)77(91-5,72-68-64-60-56-52-48-44-40-36-32-28-24-20-16-12-8-3)73-69-65-61-57-53-49-45-41-37-33-29-25-21-17-13-9-4/h74-75H,6-73H2,1-5H3,(H2,79,80,81)(H2,82,83,84)(H2,85,86,87)(H2,88,89,90). The Bertz CT molecular complexity index is 1700. The fraction of sp³-hybridized carbons (Fsp3) is 1.00. The van der Waals surface area contributed by atoms with Crippen LogP contribution in [-0.2, 0) is 23.0 Å². The Labute approximate surface area is 588 Å². The van der Waals surface area contributed by atoms with Crippen molar-refractivity contribution in [2.75, 3.05) is 7.11 Å². The van der Waals surface area contributed by atoms with Crippen LogP contribution >= 0.6 is 30.4 Å². The third-order valence-electron chi connectivity index (χ3n) is 21.2. The van der Waals surface area contributed by atoms with Gasteiger partial charge in [0.05, 0.1) is 11.1 Å². The topological polar surface area (TPSA) is 243 Å². The first-order chi connectivity index (χ1) is 45.7. The van der Waals surface area contributed by atoms with Gasteiger partial charge in [-0.15, -0.1) is 0 Å². The molecule has 0 aromatic rings. The Kier molecular flexibility index (Phi) is 63.4. The summed E-state index contributed by atoms with van der Waals surface area (Å²) in [5.41, 5.74) is -10.2. The van der Waals surface area contributed by atoms with Crippen LogP contribution in [0.5, 0.6) is 0 Å². The summed E-state index contributed by atoms with van der Waals surface area (Å²) in [5, 5.41) is 0. The molecule has 0 saturated carbocycles. The molecule has 0 aliphatic carbocycles. The maximum Gasteiger partial charge on any atom is 0.355 e. The number of hydrogen-bond donors (Lipinski definition) is 8. The fourth-order valence-electron chi connectivity index (χ4n) is 15.5. The zero-order valence-electron chi connectivity index (χ0n) is 63.1. The second-order valence-electron chi connectivity index (χ2n) is 29.9. The van der Waals surface area contributed by atoms with Gasteiger partial charge in [-0.1, -0.05) is 439 Å². The molecule has 0 fully saturated rings. The Morgan fingerprint density at radius 2 is 0.358 bits per heavy atom. The number of unbranched alkanes of at least 4 members (excludes halogenated alkanes) is 60. The van der Waals surface area contributed by atoms with Gasteiger partial charge in [-0.05, 0) is 25.7 Å². The fourth-order valence-corrected chi connectivity index (χ4v) is 21.8. The van der Waals surface area contributed by atoms with Gasteiger partial charge in [-0.25, -0.2) is 4.90 Å². The predicted octanol–water partition coefficient (Wildman–Crippen LogP) is 26.3. The van der Waals surface area contributed by atoms with Crippen molar-refractivity contribution < 1.29 is 62.1 Å². The lowest BCUT2D eigenvalue weighted by Crippen LogP contribution is -2.69. The monoisotopic (exact) mass is 1430 g/mol. The molecule has 0 amide bonds. The number of hydrogen-bond acceptors (Lipinski definition) is 6. The number of ether oxygens (including phenoxy) is 1. The van der Waals surface area contributed by atoms with Gasteiger partial charge in [0.25, 0.3) is 0 Å². The van der Waals surface area contributed by atoms with Crippen LogP contribution in [0.1, 0.15) is 464 Å². The highest BCUT2D eigenvalue weighted by atomic mass is 31.2. The van der Waals surface area contributed by atoms with E-state index in [9.17, 15) is 57.4 Å². The summed E-state index contributed by atoms with van der Waals surface area (Å²) in [7, 11) is -23.2. The van der Waals surface area contributed by atoms with Crippen LogP contribution in [0.15, 0.2) is 0 Å². The molecule has 0 aromatic heterocycles. The molecule has 0 heterocycles. The molecule has 572 valence electrons. The maximum atomic E-state index is 14.1. The van der Waals surface area contributed by atoms with Gasteiger partial charge in [0.1, 0.15) is 0 Å². The minimum atomic E-state index is -6.18. The van der Waals surface area contributed by atoms with E-state index >= 15 is 0 Å². The lowest BCUT2D eigenvalue weighted by molar-refractivity contribution is -0.159. The Balaban J connectivity index is 7.27. The third-order valence-corrected chi connectivity index (χ3v) is 28.2. The van der Waals surface area contributed by atoms with Crippen LogP contribution in [0.2, 0.25) is 0 Å². The first-order valence-corrected chi connectivity index (χ1v) is 47.9. The summed E-state index contributed by atoms with van der Waals surface area (Å²) in [5.74, 6) is 0. The third kappa shape index (κ3) is 50.5. The zero-order chi connectivity index (χ0) is 70.5. The summed E-state index contributed by atoms with van der Waals surface area (Å²) < 4.78 is 63.4. The average Bonchev–Trinajstić information content (AvgIpc) is 0.711. The lowest BCUT2D eigenvalue weighted by Gasteiger charge is -2.59. The molecule has 14 nitrogen and oxygen atoms in total. The highest BCUT2D eigenvalue weighted by Crippen LogP contribution is 2.72. The van der Waals surface area contributed by atoms with Crippen LogP contribution in [-0.4, -0.2) is 73.3 Å². The van der Waals surface area contributed by atoms with E-state index in [2.05, 4.69) is 27.7 Å². The van der Waals surface area contributed by atoms with Crippen molar-refractivity contribution in [1.82, 2.24) is 4.90 Å². The van der Waals surface area contributed by atoms with Crippen LogP contribution in [0, 0.1) is 0 Å². The van der Waals surface area contributed by atoms with Crippen LogP contribution < -0.4 is 0 Å². The molecule has 0 aromatic carbocycles. The summed E-state index contributed by atoms with van der Waals surface area (Å²) >= 11 is 0. The lowest BCUT2D eigenvalue weighted by atomic mass is 9.66. The van der Waals surface area contributed by atoms with E-state index in [1.54, 1.807) is 0 Å². The van der Waals surface area contributed by atoms with Crippen molar-refractivity contribution in [3.63, 3.8) is 0 Å². The Morgan fingerprint density at radius 1 is 0.232 bits per heavy atom. The van der Waals surface area contributed by atoms with Crippen molar-refractivity contribution in [3.8, 4) is 0 Å². The normalized spacial score (nSPS) is 13.1. The molecule has 0 saturated heterocycles. The molecular weight excluding hydrogens is 1270 g/mol. The largest absolute Gasteiger partial charge is 0.376 e. The average molecular weight is 1430 g/mol. The summed E-state index contributed by atoms with van der Waals surface area (Å²) in [6.07, 6.45) is 71.6. The number of rotatable bonds is 77. The summed E-state index contributed by atoms with van der Waals surface area (Å²) in [6, 6.07) is 0. The van der Waals surface area contributed by atoms with Gasteiger partial charge in [0.2, 0.25) is 11.0 Å². The van der Waals surface area contributed by atoms with Gasteiger partial charge in [-0.2, -0.15) is 0 Å². The van der Waals surface area contributed by atoms with Gasteiger partial charge in [0.15, 0.2) is 0 Å². The van der Waals surface area contributed by atoms with Crippen molar-refractivity contribution in [1.29, 1.82) is 0 Å². The molecule has 0 unspecified atom stereocenters. The first kappa shape index (κ1) is 95.5. The minimum absolute atomic E-state index is 0.0945. The molecule has 0 aliphatic heterocycles. The molecule has 0 rings (SSSR count). The molecule has 18 heteroatoms. The first-order valence-electron chi connectivity index (χ1n) is 41.2. The molecule has 95 heavy (non-hydrogen) atoms. The van der Waals surface area contributed by atoms with Gasteiger partial charge >= 0.3 is 30.4 Å². The van der Waals surface area contributed by atoms with Crippen LogP contribution in [0.25, 0.3) is 0 Å². The second-order valence-corrected chi connectivity index (χ2v) is 37.4. The van der Waals surface area contributed by atoms with Crippen LogP contribution in [0.4, 0.5) is 0 Å². The maximum absolute atomic E-state index is 14.1. The van der Waals surface area contributed by atoms with Gasteiger partial charge in [-0.3, -0.25) is 18.3 Å². The van der Waals surface area contributed by atoms with E-state index in [1.807, 2.05) is 0 Å². The van der Waals surface area contributed by atoms with E-state index < -0.39 is 52.6 Å². The smallest absolute Gasteiger partial charge is 0.355 e. The van der Waals surface area contributed by atoms with Gasteiger partial charge < -0.3 is 43.9 Å². The van der Waals surface area contributed by atoms with E-state index in [-0.39, 0.29) is 25.7 Å². The van der Waals surface area contributed by atoms with Crippen molar-refractivity contribution >= 4 is 30.4 Å². The highest BCUT2D eigenvalue weighted by Gasteiger charge is 2.68. The molecule has 8 N–H and O–H groups in total. The Hall–Kier alpha value is 0.520. The molecule has 0 spiro atoms. The Morgan fingerprint density at radius 3 is 0.484 bits per heavy atom. The molecular formula is C77H161NO13P4.